The van der Waals surface area contributed by atoms with E-state index in [0.717, 1.165) is 30.0 Å². The van der Waals surface area contributed by atoms with E-state index in [-0.39, 0.29) is 5.56 Å². The van der Waals surface area contributed by atoms with Gasteiger partial charge in [-0.05, 0) is 13.3 Å². The SMILES string of the molecule is Cc1nc2c(C(=O)O)cnn2c2c1CCN2C. The minimum absolute atomic E-state index is 0.149. The maximum absolute atomic E-state index is 11.1. The molecule has 0 aromatic carbocycles. The van der Waals surface area contributed by atoms with Crippen molar-refractivity contribution in [1.29, 1.82) is 0 Å². The van der Waals surface area contributed by atoms with E-state index in [9.17, 15) is 4.79 Å². The topological polar surface area (TPSA) is 70.7 Å². The van der Waals surface area contributed by atoms with Gasteiger partial charge in [0.05, 0.1) is 6.20 Å². The summed E-state index contributed by atoms with van der Waals surface area (Å²) in [4.78, 5) is 17.5. The van der Waals surface area contributed by atoms with Crippen LogP contribution in [0.25, 0.3) is 5.65 Å². The second-order valence-electron chi connectivity index (χ2n) is 4.27. The number of fused-ring (bicyclic) bond motifs is 3. The first kappa shape index (κ1) is 10.1. The number of aromatic carboxylic acids is 1. The van der Waals surface area contributed by atoms with Gasteiger partial charge in [-0.1, -0.05) is 0 Å². The van der Waals surface area contributed by atoms with Gasteiger partial charge in [-0.15, -0.1) is 0 Å². The summed E-state index contributed by atoms with van der Waals surface area (Å²) in [7, 11) is 1.98. The van der Waals surface area contributed by atoms with Crippen molar-refractivity contribution >= 4 is 17.4 Å². The lowest BCUT2D eigenvalue weighted by atomic mass is 10.2. The van der Waals surface area contributed by atoms with Gasteiger partial charge in [-0.3, -0.25) is 0 Å². The quantitative estimate of drug-likeness (QED) is 0.784. The van der Waals surface area contributed by atoms with Crippen LogP contribution in [0.5, 0.6) is 0 Å². The molecule has 1 aliphatic rings. The molecule has 88 valence electrons. The van der Waals surface area contributed by atoms with Crippen LogP contribution in [-0.4, -0.2) is 39.3 Å². The molecule has 0 spiro atoms. The van der Waals surface area contributed by atoms with Crippen LogP contribution in [0.4, 0.5) is 5.82 Å². The molecular weight excluding hydrogens is 220 g/mol. The summed E-state index contributed by atoms with van der Waals surface area (Å²) in [6.07, 6.45) is 2.29. The molecule has 0 saturated carbocycles. The van der Waals surface area contributed by atoms with Gasteiger partial charge in [0.25, 0.3) is 0 Å². The maximum Gasteiger partial charge on any atom is 0.341 e. The number of carboxylic acid groups (broad SMARTS) is 1. The summed E-state index contributed by atoms with van der Waals surface area (Å²) < 4.78 is 1.62. The molecule has 17 heavy (non-hydrogen) atoms. The van der Waals surface area contributed by atoms with Gasteiger partial charge < -0.3 is 10.0 Å². The highest BCUT2D eigenvalue weighted by Crippen LogP contribution is 2.29. The van der Waals surface area contributed by atoms with E-state index >= 15 is 0 Å². The molecule has 6 heteroatoms. The van der Waals surface area contributed by atoms with Crippen molar-refractivity contribution in [2.24, 2.45) is 0 Å². The van der Waals surface area contributed by atoms with Crippen LogP contribution in [0.1, 0.15) is 21.6 Å². The molecule has 0 bridgehead atoms. The molecule has 1 N–H and O–H groups in total. The van der Waals surface area contributed by atoms with Crippen molar-refractivity contribution in [3.05, 3.63) is 23.0 Å². The molecule has 0 unspecified atom stereocenters. The van der Waals surface area contributed by atoms with E-state index in [4.69, 9.17) is 5.11 Å². The summed E-state index contributed by atoms with van der Waals surface area (Å²) in [6.45, 7) is 2.83. The van der Waals surface area contributed by atoms with E-state index < -0.39 is 5.97 Å². The summed E-state index contributed by atoms with van der Waals surface area (Å²) >= 11 is 0. The smallest absolute Gasteiger partial charge is 0.341 e. The Morgan fingerprint density at radius 1 is 1.53 bits per heavy atom. The molecular formula is C11H12N4O2. The van der Waals surface area contributed by atoms with E-state index in [1.165, 1.54) is 6.20 Å². The van der Waals surface area contributed by atoms with Gasteiger partial charge in [0.1, 0.15) is 11.4 Å². The van der Waals surface area contributed by atoms with Crippen molar-refractivity contribution in [3.8, 4) is 0 Å². The van der Waals surface area contributed by atoms with E-state index in [0.29, 0.717) is 5.65 Å². The third kappa shape index (κ3) is 1.23. The zero-order chi connectivity index (χ0) is 12.2. The number of anilines is 1. The number of aromatic nitrogens is 3. The Balaban J connectivity index is 2.41. The summed E-state index contributed by atoms with van der Waals surface area (Å²) in [5, 5.41) is 13.2. The number of hydrogen-bond donors (Lipinski definition) is 1. The van der Waals surface area contributed by atoms with Crippen LogP contribution in [-0.2, 0) is 6.42 Å². The average molecular weight is 232 g/mol. The Morgan fingerprint density at radius 3 is 3.00 bits per heavy atom. The number of carbonyl (C=O) groups is 1. The van der Waals surface area contributed by atoms with Crippen LogP contribution in [0.3, 0.4) is 0 Å². The van der Waals surface area contributed by atoms with E-state index in [1.807, 2.05) is 14.0 Å². The highest BCUT2D eigenvalue weighted by atomic mass is 16.4. The zero-order valence-corrected chi connectivity index (χ0v) is 9.64. The highest BCUT2D eigenvalue weighted by molar-refractivity contribution is 5.94. The fourth-order valence-electron chi connectivity index (χ4n) is 2.34. The molecule has 0 amide bonds. The van der Waals surface area contributed by atoms with Crippen molar-refractivity contribution in [1.82, 2.24) is 14.6 Å². The molecule has 3 heterocycles. The standard InChI is InChI=1S/C11H12N4O2/c1-6-7-3-4-14(2)10(7)15-9(13-6)8(5-12-15)11(16)17/h5H,3-4H2,1-2H3,(H,16,17). The molecule has 2 aromatic rings. The number of carboxylic acids is 1. The molecule has 3 rings (SSSR count). The lowest BCUT2D eigenvalue weighted by Crippen LogP contribution is -2.16. The van der Waals surface area contributed by atoms with Crippen molar-refractivity contribution < 1.29 is 9.90 Å². The van der Waals surface area contributed by atoms with E-state index in [1.54, 1.807) is 4.52 Å². The van der Waals surface area contributed by atoms with E-state index in [2.05, 4.69) is 15.0 Å². The van der Waals surface area contributed by atoms with Gasteiger partial charge in [0.2, 0.25) is 0 Å². The van der Waals surface area contributed by atoms with Crippen molar-refractivity contribution in [2.75, 3.05) is 18.5 Å². The molecule has 0 fully saturated rings. The molecule has 6 nitrogen and oxygen atoms in total. The van der Waals surface area contributed by atoms with Gasteiger partial charge in [0.15, 0.2) is 5.65 Å². The second-order valence-corrected chi connectivity index (χ2v) is 4.27. The van der Waals surface area contributed by atoms with Gasteiger partial charge in [-0.2, -0.15) is 9.61 Å². The molecule has 0 saturated heterocycles. The molecule has 2 aromatic heterocycles. The first-order valence-corrected chi connectivity index (χ1v) is 5.41. The maximum atomic E-state index is 11.1. The van der Waals surface area contributed by atoms with Crippen molar-refractivity contribution in [2.45, 2.75) is 13.3 Å². The Kier molecular flexibility index (Phi) is 1.89. The molecule has 0 atom stereocenters. The van der Waals surface area contributed by atoms with Crippen LogP contribution in [0, 0.1) is 6.92 Å². The van der Waals surface area contributed by atoms with Crippen LogP contribution in [0.2, 0.25) is 0 Å². The second kappa shape index (κ2) is 3.19. The fraction of sp³-hybridized carbons (Fsp3) is 0.364. The van der Waals surface area contributed by atoms with Gasteiger partial charge in [-0.25, -0.2) is 9.78 Å². The first-order chi connectivity index (χ1) is 8.09. The predicted octanol–water partition coefficient (Wildman–Crippen LogP) is 0.728. The summed E-state index contributed by atoms with van der Waals surface area (Å²) in [6, 6.07) is 0. The number of aryl methyl sites for hydroxylation is 1. The lowest BCUT2D eigenvalue weighted by Gasteiger charge is -2.13. The normalized spacial score (nSPS) is 14.4. The lowest BCUT2D eigenvalue weighted by molar-refractivity contribution is 0.0699. The first-order valence-electron chi connectivity index (χ1n) is 5.41. The third-order valence-corrected chi connectivity index (χ3v) is 3.21. The molecule has 0 aliphatic carbocycles. The number of nitrogens with zero attached hydrogens (tertiary/aromatic N) is 4. The summed E-state index contributed by atoms with van der Waals surface area (Å²) in [5.41, 5.74) is 2.61. The highest BCUT2D eigenvalue weighted by Gasteiger charge is 2.25. The Morgan fingerprint density at radius 2 is 2.29 bits per heavy atom. The largest absolute Gasteiger partial charge is 0.477 e. The Hall–Kier alpha value is -2.11. The molecule has 0 radical (unpaired) electrons. The monoisotopic (exact) mass is 232 g/mol. The minimum Gasteiger partial charge on any atom is -0.477 e. The average Bonchev–Trinajstić information content (AvgIpc) is 2.82. The molecule has 1 aliphatic heterocycles. The third-order valence-electron chi connectivity index (χ3n) is 3.21. The minimum atomic E-state index is -0.993. The number of likely N-dealkylation sites (N-methyl/N-ethyl adjacent to an activating group) is 1. The number of hydrogen-bond acceptors (Lipinski definition) is 4. The van der Waals surface area contributed by atoms with Crippen LogP contribution >= 0.6 is 0 Å². The fourth-order valence-corrected chi connectivity index (χ4v) is 2.34. The van der Waals surface area contributed by atoms with Crippen molar-refractivity contribution in [3.63, 3.8) is 0 Å². The van der Waals surface area contributed by atoms with Crippen LogP contribution < -0.4 is 4.90 Å². The summed E-state index contributed by atoms with van der Waals surface area (Å²) in [5.74, 6) is -0.0347. The Labute approximate surface area is 97.5 Å². The van der Waals surface area contributed by atoms with Gasteiger partial charge in [0, 0.05) is 24.8 Å². The predicted molar refractivity (Wildman–Crippen MR) is 61.7 cm³/mol. The Bertz CT molecular complexity index is 632. The van der Waals surface area contributed by atoms with Crippen LogP contribution in [0.15, 0.2) is 6.20 Å². The zero-order valence-electron chi connectivity index (χ0n) is 9.64. The van der Waals surface area contributed by atoms with Gasteiger partial charge >= 0.3 is 5.97 Å². The number of rotatable bonds is 1.